The molecule has 5 nitrogen and oxygen atoms in total. The van der Waals surface area contributed by atoms with Gasteiger partial charge in [0.15, 0.2) is 0 Å². The number of benzene rings is 2. The number of aromatic amines is 1. The Labute approximate surface area is 161 Å². The van der Waals surface area contributed by atoms with E-state index >= 15 is 0 Å². The summed E-state index contributed by atoms with van der Waals surface area (Å²) in [6.07, 6.45) is -3.35. The predicted octanol–water partition coefficient (Wildman–Crippen LogP) is 5.09. The van der Waals surface area contributed by atoms with Crippen molar-refractivity contribution in [2.24, 2.45) is 0 Å². The quantitative estimate of drug-likeness (QED) is 0.631. The van der Waals surface area contributed by atoms with Crippen LogP contribution in [0.25, 0.3) is 0 Å². The Morgan fingerprint density at radius 3 is 2.46 bits per heavy atom. The van der Waals surface area contributed by atoms with E-state index in [-0.39, 0.29) is 27.8 Å². The molecule has 0 fully saturated rings. The molecule has 2 N–H and O–H groups in total. The molecule has 2 aromatic carbocycles. The molecule has 3 aromatic rings. The van der Waals surface area contributed by atoms with E-state index in [1.54, 1.807) is 12.1 Å². The number of hydrogen-bond donors (Lipinski definition) is 2. The van der Waals surface area contributed by atoms with Crippen molar-refractivity contribution in [3.8, 4) is 11.5 Å². The summed E-state index contributed by atoms with van der Waals surface area (Å²) in [4.78, 5) is 26.3. The number of para-hydroxylation sites is 1. The molecule has 0 aliphatic carbocycles. The zero-order valence-electron chi connectivity index (χ0n) is 14.0. The third-order valence-electron chi connectivity index (χ3n) is 3.64. The molecule has 28 heavy (non-hydrogen) atoms. The lowest BCUT2D eigenvalue weighted by atomic mass is 10.1. The van der Waals surface area contributed by atoms with Gasteiger partial charge in [0.2, 0.25) is 5.56 Å². The second-order valence-electron chi connectivity index (χ2n) is 5.64. The van der Waals surface area contributed by atoms with Crippen LogP contribution in [-0.2, 0) is 6.18 Å². The van der Waals surface area contributed by atoms with E-state index in [0.29, 0.717) is 6.07 Å². The van der Waals surface area contributed by atoms with Gasteiger partial charge in [0.1, 0.15) is 11.5 Å². The van der Waals surface area contributed by atoms with Crippen molar-refractivity contribution >= 4 is 23.2 Å². The molecule has 1 heterocycles. The first-order valence-corrected chi connectivity index (χ1v) is 8.25. The van der Waals surface area contributed by atoms with Crippen LogP contribution >= 0.6 is 11.6 Å². The van der Waals surface area contributed by atoms with Crippen molar-refractivity contribution < 1.29 is 22.7 Å². The number of ether oxygens (including phenoxy) is 1. The van der Waals surface area contributed by atoms with E-state index in [0.717, 1.165) is 18.2 Å². The third kappa shape index (κ3) is 4.52. The van der Waals surface area contributed by atoms with Gasteiger partial charge in [-0.05, 0) is 36.4 Å². The number of anilines is 1. The van der Waals surface area contributed by atoms with Gasteiger partial charge in [-0.3, -0.25) is 9.59 Å². The molecule has 3 rings (SSSR count). The molecule has 0 saturated heterocycles. The maximum Gasteiger partial charge on any atom is 0.416 e. The molecule has 0 aliphatic rings. The van der Waals surface area contributed by atoms with Crippen LogP contribution in [0.3, 0.4) is 0 Å². The molecule has 9 heteroatoms. The summed E-state index contributed by atoms with van der Waals surface area (Å²) in [5.41, 5.74) is -1.74. The smallest absolute Gasteiger partial charge is 0.416 e. The van der Waals surface area contributed by atoms with Crippen LogP contribution in [0.4, 0.5) is 18.9 Å². The summed E-state index contributed by atoms with van der Waals surface area (Å²) in [5, 5.41) is 2.60. The topological polar surface area (TPSA) is 71.2 Å². The Kier molecular flexibility index (Phi) is 5.41. The van der Waals surface area contributed by atoms with Gasteiger partial charge in [0.25, 0.3) is 5.91 Å². The van der Waals surface area contributed by atoms with Gasteiger partial charge >= 0.3 is 6.18 Å². The summed E-state index contributed by atoms with van der Waals surface area (Å²) < 4.78 is 44.8. The molecule has 0 aliphatic heterocycles. The van der Waals surface area contributed by atoms with Crippen molar-refractivity contribution in [1.82, 2.24) is 4.98 Å². The van der Waals surface area contributed by atoms with Gasteiger partial charge in [-0.2, -0.15) is 13.2 Å². The van der Waals surface area contributed by atoms with E-state index in [4.69, 9.17) is 16.3 Å². The average Bonchev–Trinajstić information content (AvgIpc) is 2.63. The van der Waals surface area contributed by atoms with Gasteiger partial charge in [-0.15, -0.1) is 0 Å². The number of alkyl halides is 3. The number of carbonyl (C=O) groups is 1. The maximum absolute atomic E-state index is 13.1. The van der Waals surface area contributed by atoms with Crippen LogP contribution in [0, 0.1) is 0 Å². The lowest BCUT2D eigenvalue weighted by molar-refractivity contribution is -0.137. The molecule has 0 unspecified atom stereocenters. The lowest BCUT2D eigenvalue weighted by Crippen LogP contribution is -2.16. The van der Waals surface area contributed by atoms with Crippen molar-refractivity contribution in [2.45, 2.75) is 6.18 Å². The van der Waals surface area contributed by atoms with Crippen LogP contribution in [0.15, 0.2) is 65.6 Å². The van der Waals surface area contributed by atoms with Gasteiger partial charge in [-0.25, -0.2) is 0 Å². The van der Waals surface area contributed by atoms with E-state index in [1.807, 2.05) is 0 Å². The number of nitrogens with one attached hydrogen (secondary N) is 2. The summed E-state index contributed by atoms with van der Waals surface area (Å²) >= 11 is 6.01. The third-order valence-corrected chi connectivity index (χ3v) is 3.95. The highest BCUT2D eigenvalue weighted by Crippen LogP contribution is 2.36. The molecule has 0 atom stereocenters. The van der Waals surface area contributed by atoms with Gasteiger partial charge in [0.05, 0.1) is 16.1 Å². The second-order valence-corrected chi connectivity index (χ2v) is 6.04. The molecule has 0 saturated carbocycles. The number of pyridine rings is 1. The van der Waals surface area contributed by atoms with Gasteiger partial charge < -0.3 is 15.0 Å². The second kappa shape index (κ2) is 7.77. The summed E-state index contributed by atoms with van der Waals surface area (Å²) in [6, 6.07) is 11.3. The monoisotopic (exact) mass is 408 g/mol. The summed E-state index contributed by atoms with van der Waals surface area (Å²) in [5.74, 6) is -0.823. The Morgan fingerprint density at radius 1 is 1.04 bits per heavy atom. The minimum atomic E-state index is -4.65. The van der Waals surface area contributed by atoms with Crippen molar-refractivity contribution in [2.75, 3.05) is 5.32 Å². The number of halogens is 4. The SMILES string of the molecule is O=C(Nc1cc[nH]c(=O)c1)c1cc(C(F)(F)F)ccc1Oc1ccccc1Cl. The Bertz CT molecular complexity index is 1080. The van der Waals surface area contributed by atoms with E-state index in [1.165, 1.54) is 24.4 Å². The summed E-state index contributed by atoms with van der Waals surface area (Å²) in [6.45, 7) is 0. The van der Waals surface area contributed by atoms with Crippen molar-refractivity contribution in [3.63, 3.8) is 0 Å². The van der Waals surface area contributed by atoms with Crippen LogP contribution in [0.1, 0.15) is 15.9 Å². The number of amides is 1. The Hall–Kier alpha value is -3.26. The number of aromatic nitrogens is 1. The molecule has 1 amide bonds. The minimum Gasteiger partial charge on any atom is -0.455 e. The van der Waals surface area contributed by atoms with Crippen molar-refractivity contribution in [1.29, 1.82) is 0 Å². The first-order valence-electron chi connectivity index (χ1n) is 7.88. The number of rotatable bonds is 4. The molecule has 0 spiro atoms. The largest absolute Gasteiger partial charge is 0.455 e. The lowest BCUT2D eigenvalue weighted by Gasteiger charge is -2.15. The zero-order chi connectivity index (χ0) is 20.3. The highest BCUT2D eigenvalue weighted by Gasteiger charge is 2.32. The highest BCUT2D eigenvalue weighted by molar-refractivity contribution is 6.32. The molecular formula is C19H12ClF3N2O3. The van der Waals surface area contributed by atoms with Crippen LogP contribution in [-0.4, -0.2) is 10.9 Å². The standard InChI is InChI=1S/C19H12ClF3N2O3/c20-14-3-1-2-4-16(14)28-15-6-5-11(19(21,22)23)9-13(15)18(27)25-12-7-8-24-17(26)10-12/h1-10H,(H2,24,25,26,27). The Balaban J connectivity index is 2.01. The average molecular weight is 409 g/mol. The van der Waals surface area contributed by atoms with Crippen LogP contribution < -0.4 is 15.6 Å². The molecular weight excluding hydrogens is 397 g/mol. The van der Waals surface area contributed by atoms with Gasteiger partial charge in [0, 0.05) is 18.0 Å². The van der Waals surface area contributed by atoms with Crippen LogP contribution in [0.2, 0.25) is 5.02 Å². The number of carbonyl (C=O) groups excluding carboxylic acids is 1. The van der Waals surface area contributed by atoms with Crippen molar-refractivity contribution in [3.05, 3.63) is 87.3 Å². The predicted molar refractivity (Wildman–Crippen MR) is 98.0 cm³/mol. The first kappa shape index (κ1) is 19.5. The minimum absolute atomic E-state index is 0.120. The first-order chi connectivity index (χ1) is 13.2. The fourth-order valence-corrected chi connectivity index (χ4v) is 2.51. The molecule has 1 aromatic heterocycles. The van der Waals surface area contributed by atoms with E-state index < -0.39 is 23.2 Å². The zero-order valence-corrected chi connectivity index (χ0v) is 14.8. The number of H-pyrrole nitrogens is 1. The molecule has 0 radical (unpaired) electrons. The summed E-state index contributed by atoms with van der Waals surface area (Å²) in [7, 11) is 0. The fraction of sp³-hybridized carbons (Fsp3) is 0.0526. The Morgan fingerprint density at radius 2 is 1.79 bits per heavy atom. The number of hydrogen-bond acceptors (Lipinski definition) is 3. The normalized spacial score (nSPS) is 11.1. The van der Waals surface area contributed by atoms with Gasteiger partial charge in [-0.1, -0.05) is 23.7 Å². The van der Waals surface area contributed by atoms with E-state index in [9.17, 15) is 22.8 Å². The molecule has 144 valence electrons. The maximum atomic E-state index is 13.1. The van der Waals surface area contributed by atoms with E-state index in [2.05, 4.69) is 10.3 Å². The molecule has 0 bridgehead atoms. The highest BCUT2D eigenvalue weighted by atomic mass is 35.5. The van der Waals surface area contributed by atoms with Crippen LogP contribution in [0.5, 0.6) is 11.5 Å². The fourth-order valence-electron chi connectivity index (χ4n) is 2.34.